The summed E-state index contributed by atoms with van der Waals surface area (Å²) in [6, 6.07) is -16.4. The molecular weight excluding hydrogens is 1750 g/mol. The van der Waals surface area contributed by atoms with Gasteiger partial charge in [0.15, 0.2) is 5.96 Å². The Bertz CT molecular complexity index is 3870. The lowest BCUT2D eigenvalue weighted by atomic mass is 9.99. The van der Waals surface area contributed by atoms with E-state index < -0.39 is 278 Å². The zero-order valence-electron chi connectivity index (χ0n) is 72.8. The molecule has 17 atom stereocenters. The lowest BCUT2D eigenvalue weighted by Crippen LogP contribution is -2.61. The molecule has 0 radical (unpaired) electrons. The molecule has 0 fully saturated rings. The van der Waals surface area contributed by atoms with Gasteiger partial charge in [0.25, 0.3) is 0 Å². The van der Waals surface area contributed by atoms with Gasteiger partial charge in [0, 0.05) is 36.6 Å². The Balaban J connectivity index is 3.39. The first-order valence-corrected chi connectivity index (χ1v) is 44.1. The molecule has 1 aromatic rings. The minimum atomic E-state index is -1.93. The summed E-state index contributed by atoms with van der Waals surface area (Å²) in [6.07, 6.45) is -1.57. The molecule has 0 heterocycles. The number of carboxylic acids is 2. The standard InChI is InChI=1S/C77H129N21O25S4/c1-36(2)24-46(91-73(119)55(35-126)96-75(121)60(41(10)102)98-62(108)43(78)21-23-127-11)66(112)89-48(26-38(5)6)68(114)93-50(30-99)64(110)83-29-57(104)86-53(33-124)72(118)90-47(25-37(3)4)67(113)92-49(27-42-16-13-12-14-17-42)69(115)95-54(34-125)74(120)94-52(32-101)71(117)87-44(18-15-22-81-77(79)80)65(111)88-45(19-20-58(105)106)63(109)82-28-56(103)85-51(31-100)70(116)84-40(9)61(107)97-59(39(7)8)76(122)123/h12-14,16-17,36-41,43-55,59-60,99-102,124-126H,15,18-35,78H2,1-11H3,(H,82,109)(H,83,110)(H,84,116)(H,85,103)(H,86,104)(H,87,117)(H,88,111)(H,89,112)(H,90,118)(H,91,119)(H,92,113)(H,93,114)(H,94,120)(H,95,115)(H,96,121)(H,97,107)(H,98,108)(H,105,106)(H,122,123)(H4,79,80,81)/t40-,41+,43-,44-,45-,46-,47-,48-,49-,50-,51-,52-,53-,54-,55-,59-,60-/m0/s1. The predicted octanol–water partition coefficient (Wildman–Crippen LogP) is -9.22. The van der Waals surface area contributed by atoms with Gasteiger partial charge in [0.1, 0.15) is 90.6 Å². The molecule has 1 aromatic carbocycles. The van der Waals surface area contributed by atoms with Crippen molar-refractivity contribution in [1.29, 1.82) is 0 Å². The Morgan fingerprint density at radius 3 is 1.16 bits per heavy atom. The zero-order valence-corrected chi connectivity index (χ0v) is 76.3. The van der Waals surface area contributed by atoms with Gasteiger partial charge in [-0.05, 0) is 100 Å². The second kappa shape index (κ2) is 60.4. The Morgan fingerprint density at radius 1 is 0.402 bits per heavy atom. The lowest BCUT2D eigenvalue weighted by molar-refractivity contribution is -0.143. The molecule has 0 saturated carbocycles. The van der Waals surface area contributed by atoms with E-state index in [1.165, 1.54) is 39.5 Å². The summed E-state index contributed by atoms with van der Waals surface area (Å²) in [4.78, 5) is 260. The monoisotopic (exact) mass is 1880 g/mol. The fraction of sp³-hybridized carbons (Fsp3) is 0.662. The van der Waals surface area contributed by atoms with Crippen LogP contribution in [0.1, 0.15) is 126 Å². The van der Waals surface area contributed by atoms with Crippen LogP contribution in [0.2, 0.25) is 0 Å². The van der Waals surface area contributed by atoms with Crippen molar-refractivity contribution < 1.29 is 122 Å². The number of hydrogen-bond donors (Lipinski definition) is 29. The van der Waals surface area contributed by atoms with Gasteiger partial charge < -0.3 is 138 Å². The Kier molecular flexibility index (Phi) is 54.5. The van der Waals surface area contributed by atoms with Crippen molar-refractivity contribution in [1.82, 2.24) is 90.4 Å². The van der Waals surface area contributed by atoms with Gasteiger partial charge >= 0.3 is 11.9 Å². The van der Waals surface area contributed by atoms with Gasteiger partial charge in [-0.3, -0.25) is 91.3 Å². The van der Waals surface area contributed by atoms with E-state index in [0.29, 0.717) is 11.3 Å². The van der Waals surface area contributed by atoms with E-state index in [2.05, 4.69) is 133 Å². The number of hydrogen-bond acceptors (Lipinski definition) is 29. The Labute approximate surface area is 756 Å². The van der Waals surface area contributed by atoms with Crippen LogP contribution in [-0.2, 0) is 97.5 Å². The van der Waals surface area contributed by atoms with E-state index in [0.717, 1.165) is 0 Å². The smallest absolute Gasteiger partial charge is 0.326 e. The Morgan fingerprint density at radius 2 is 0.748 bits per heavy atom. The third kappa shape index (κ3) is 44.3. The minimum Gasteiger partial charge on any atom is -0.481 e. The van der Waals surface area contributed by atoms with Crippen LogP contribution in [0.25, 0.3) is 0 Å². The lowest BCUT2D eigenvalue weighted by Gasteiger charge is -2.28. The van der Waals surface area contributed by atoms with Gasteiger partial charge in [-0.2, -0.15) is 49.6 Å². The maximum atomic E-state index is 14.5. The SMILES string of the molecule is CSCC[C@H](N)C(=O)N[C@H](C(=O)N[C@@H](CS)C(=O)N[C@@H](CC(C)C)C(=O)N[C@@H](CC(C)C)C(=O)N[C@@H](CO)C(=O)NCC(=O)N[C@@H](CS)C(=O)N[C@@H](CC(C)C)C(=O)N[C@@H](Cc1ccccc1)C(=O)N[C@@H](CS)C(=O)N[C@@H](CO)C(=O)N[C@@H](CCCN=C(N)N)C(=O)N[C@@H](CCC(=O)O)C(=O)NCC(=O)N[C@@H](CO)C(=O)N[C@@H](C)C(=O)N[C@H](C(=O)O)C(C)C)[C@@H](C)O. The number of amides is 17. The summed E-state index contributed by atoms with van der Waals surface area (Å²) in [7, 11) is 0. The largest absolute Gasteiger partial charge is 0.481 e. The van der Waals surface area contributed by atoms with E-state index in [4.69, 9.17) is 17.2 Å². The van der Waals surface area contributed by atoms with E-state index in [-0.39, 0.29) is 81.0 Å². The van der Waals surface area contributed by atoms with Crippen molar-refractivity contribution >= 4 is 168 Å². The first kappa shape index (κ1) is 115. The average molecular weight is 1880 g/mol. The topological polar surface area (TPSA) is 741 Å². The fourth-order valence-corrected chi connectivity index (χ4v) is 12.9. The molecule has 0 aliphatic carbocycles. The minimum absolute atomic E-state index is 0.0000612. The normalized spacial score (nSPS) is 15.2. The summed E-state index contributed by atoms with van der Waals surface area (Å²) in [5.41, 5.74) is 17.4. The van der Waals surface area contributed by atoms with Crippen LogP contribution < -0.4 is 108 Å². The number of carbonyl (C=O) groups is 19. The number of carboxylic acid groups (broad SMARTS) is 2. The quantitative estimate of drug-likeness (QED) is 0.0125. The van der Waals surface area contributed by atoms with E-state index in [9.17, 15) is 122 Å². The maximum absolute atomic E-state index is 14.5. The number of aliphatic hydroxyl groups is 4. The number of nitrogens with zero attached hydrogens (tertiary/aromatic N) is 1. The summed E-state index contributed by atoms with van der Waals surface area (Å²) >= 11 is 14.1. The molecule has 0 aliphatic rings. The number of thiol groups is 3. The van der Waals surface area contributed by atoms with Gasteiger partial charge in [0.2, 0.25) is 100 Å². The summed E-state index contributed by atoms with van der Waals surface area (Å²) in [5, 5.41) is 100. The highest BCUT2D eigenvalue weighted by molar-refractivity contribution is 7.98. The van der Waals surface area contributed by atoms with Crippen molar-refractivity contribution in [2.45, 2.75) is 230 Å². The summed E-state index contributed by atoms with van der Waals surface area (Å²) < 4.78 is 0. The van der Waals surface area contributed by atoms with Crippen LogP contribution in [0.3, 0.4) is 0 Å². The highest BCUT2D eigenvalue weighted by Crippen LogP contribution is 2.15. The molecule has 1 rings (SSSR count). The molecule has 0 spiro atoms. The first-order chi connectivity index (χ1) is 59.6. The number of nitrogens with one attached hydrogen (secondary N) is 17. The first-order valence-electron chi connectivity index (χ1n) is 40.8. The molecular formula is C77H129N21O25S4. The number of aliphatic imine (C=N–C) groups is 1. The molecule has 0 bridgehead atoms. The number of aliphatic hydroxyl groups excluding tert-OH is 4. The van der Waals surface area contributed by atoms with Gasteiger partial charge in [-0.15, -0.1) is 0 Å². The van der Waals surface area contributed by atoms with E-state index >= 15 is 0 Å². The van der Waals surface area contributed by atoms with Gasteiger partial charge in [-0.25, -0.2) is 4.79 Å². The second-order valence-corrected chi connectivity index (χ2v) is 33.3. The molecule has 0 unspecified atom stereocenters. The number of carbonyl (C=O) groups excluding carboxylic acids is 17. The predicted molar refractivity (Wildman–Crippen MR) is 474 cm³/mol. The van der Waals surface area contributed by atoms with E-state index in [1.54, 1.807) is 71.9 Å². The van der Waals surface area contributed by atoms with E-state index in [1.807, 2.05) is 6.26 Å². The molecule has 0 aliphatic heterocycles. The number of thioether (sulfide) groups is 1. The number of rotatable bonds is 61. The molecule has 29 N–H and O–H groups in total. The van der Waals surface area contributed by atoms with Crippen molar-refractivity contribution in [3.05, 3.63) is 35.9 Å². The van der Waals surface area contributed by atoms with Crippen LogP contribution in [-0.4, -0.2) is 320 Å². The van der Waals surface area contributed by atoms with Crippen LogP contribution in [0, 0.1) is 23.7 Å². The van der Waals surface area contributed by atoms with Crippen LogP contribution in [0.5, 0.6) is 0 Å². The van der Waals surface area contributed by atoms with Crippen LogP contribution in [0.15, 0.2) is 35.3 Å². The number of aliphatic carboxylic acids is 2. The van der Waals surface area contributed by atoms with Crippen molar-refractivity contribution in [2.24, 2.45) is 45.9 Å². The third-order valence-electron chi connectivity index (χ3n) is 18.6. The number of guanidine groups is 1. The molecule has 17 amide bonds. The second-order valence-electron chi connectivity index (χ2n) is 31.3. The van der Waals surface area contributed by atoms with Crippen molar-refractivity contribution in [3.8, 4) is 0 Å². The van der Waals surface area contributed by atoms with Crippen molar-refractivity contribution in [3.63, 3.8) is 0 Å². The van der Waals surface area contributed by atoms with Crippen molar-refractivity contribution in [2.75, 3.05) is 68.7 Å². The average Bonchev–Trinajstić information content (AvgIpc) is 0.848. The van der Waals surface area contributed by atoms with Crippen LogP contribution >= 0.6 is 49.6 Å². The third-order valence-corrected chi connectivity index (χ3v) is 20.3. The molecule has 0 saturated heterocycles. The fourth-order valence-electron chi connectivity index (χ4n) is 11.6. The summed E-state index contributed by atoms with van der Waals surface area (Å²) in [6.45, 7) is 10.5. The molecule has 127 heavy (non-hydrogen) atoms. The summed E-state index contributed by atoms with van der Waals surface area (Å²) in [5.74, 6) is -22.7. The van der Waals surface area contributed by atoms with Crippen LogP contribution in [0.4, 0.5) is 0 Å². The number of benzene rings is 1. The van der Waals surface area contributed by atoms with Gasteiger partial charge in [-0.1, -0.05) is 85.7 Å². The highest BCUT2D eigenvalue weighted by atomic mass is 32.2. The van der Waals surface area contributed by atoms with Gasteiger partial charge in [0.05, 0.1) is 45.1 Å². The molecule has 0 aromatic heterocycles. The maximum Gasteiger partial charge on any atom is 0.326 e. The zero-order chi connectivity index (χ0) is 96.7. The highest BCUT2D eigenvalue weighted by Gasteiger charge is 2.39. The molecule has 50 heteroatoms. The molecule has 46 nitrogen and oxygen atoms in total. The Hall–Kier alpha value is -10.4. The molecule has 716 valence electrons. The number of nitrogens with two attached hydrogens (primary N) is 3.